The molecule has 1 aliphatic heterocycles. The van der Waals surface area contributed by atoms with Gasteiger partial charge in [0.05, 0.1) is 7.11 Å². The van der Waals surface area contributed by atoms with Gasteiger partial charge >= 0.3 is 0 Å². The van der Waals surface area contributed by atoms with Gasteiger partial charge in [0.25, 0.3) is 0 Å². The lowest BCUT2D eigenvalue weighted by molar-refractivity contribution is 0.164. The molecular weight excluding hydrogens is 372 g/mol. The van der Waals surface area contributed by atoms with Crippen molar-refractivity contribution in [1.29, 1.82) is 0 Å². The van der Waals surface area contributed by atoms with Gasteiger partial charge < -0.3 is 9.64 Å². The van der Waals surface area contributed by atoms with Crippen LogP contribution in [0.2, 0.25) is 0 Å². The van der Waals surface area contributed by atoms with E-state index in [9.17, 15) is 8.42 Å². The molecule has 0 amide bonds. The minimum absolute atomic E-state index is 0.225. The highest BCUT2D eigenvalue weighted by molar-refractivity contribution is 7.89. The molecule has 1 saturated heterocycles. The fraction of sp³-hybridized carbons (Fsp3) is 0.455. The lowest BCUT2D eigenvalue weighted by Gasteiger charge is -2.37. The summed E-state index contributed by atoms with van der Waals surface area (Å²) in [6.45, 7) is 3.89. The van der Waals surface area contributed by atoms with E-state index < -0.39 is 10.0 Å². The van der Waals surface area contributed by atoms with Gasteiger partial charge in [0.1, 0.15) is 10.6 Å². The van der Waals surface area contributed by atoms with Crippen molar-refractivity contribution >= 4 is 10.0 Å². The molecule has 1 fully saturated rings. The quantitative estimate of drug-likeness (QED) is 0.713. The smallest absolute Gasteiger partial charge is 0.246 e. The number of nitrogens with zero attached hydrogens (tertiary/aromatic N) is 2. The molecule has 6 heteroatoms. The largest absolute Gasteiger partial charge is 0.495 e. The second-order valence-corrected chi connectivity index (χ2v) is 9.44. The Hall–Kier alpha value is -1.89. The van der Waals surface area contributed by atoms with Gasteiger partial charge in [-0.2, -0.15) is 4.31 Å². The van der Waals surface area contributed by atoms with E-state index in [4.69, 9.17) is 4.74 Å². The number of sulfonamides is 1. The molecule has 5 nitrogen and oxygen atoms in total. The van der Waals surface area contributed by atoms with Crippen molar-refractivity contribution in [1.82, 2.24) is 9.21 Å². The maximum Gasteiger partial charge on any atom is 0.246 e. The number of rotatable bonds is 7. The molecule has 0 aliphatic carbocycles. The average molecular weight is 403 g/mol. The third-order valence-corrected chi connectivity index (χ3v) is 7.40. The van der Waals surface area contributed by atoms with Gasteiger partial charge in [-0.1, -0.05) is 36.4 Å². The Kier molecular flexibility index (Phi) is 6.75. The van der Waals surface area contributed by atoms with E-state index in [1.165, 1.54) is 12.7 Å². The zero-order chi connectivity index (χ0) is 20.1. The normalized spacial score (nSPS) is 18.4. The maximum absolute atomic E-state index is 13.3. The van der Waals surface area contributed by atoms with Crippen molar-refractivity contribution in [3.05, 3.63) is 59.7 Å². The third-order valence-electron chi connectivity index (χ3n) is 5.52. The lowest BCUT2D eigenvalue weighted by Crippen LogP contribution is -2.49. The SMILES string of the molecule is COc1ccc(C)cc1S(=O)(=O)N1CCC[C@@H](N(C)CCc2ccccc2)C1. The second kappa shape index (κ2) is 9.07. The Morgan fingerprint density at radius 3 is 2.64 bits per heavy atom. The molecule has 152 valence electrons. The monoisotopic (exact) mass is 402 g/mol. The zero-order valence-electron chi connectivity index (χ0n) is 17.0. The van der Waals surface area contributed by atoms with Crippen LogP contribution < -0.4 is 4.74 Å². The summed E-state index contributed by atoms with van der Waals surface area (Å²) in [6.07, 6.45) is 2.85. The van der Waals surface area contributed by atoms with Crippen LogP contribution in [0, 0.1) is 6.92 Å². The van der Waals surface area contributed by atoms with Crippen LogP contribution in [0.4, 0.5) is 0 Å². The van der Waals surface area contributed by atoms with Gasteiger partial charge in [-0.05, 0) is 56.5 Å². The summed E-state index contributed by atoms with van der Waals surface area (Å²) in [7, 11) is 0.0290. The summed E-state index contributed by atoms with van der Waals surface area (Å²) in [5, 5.41) is 0. The zero-order valence-corrected chi connectivity index (χ0v) is 17.8. The Bertz CT molecular complexity index is 884. The lowest BCUT2D eigenvalue weighted by atomic mass is 10.1. The number of piperidine rings is 1. The van der Waals surface area contributed by atoms with Crippen LogP contribution in [-0.2, 0) is 16.4 Å². The van der Waals surface area contributed by atoms with E-state index in [-0.39, 0.29) is 10.9 Å². The predicted molar refractivity (Wildman–Crippen MR) is 112 cm³/mol. The van der Waals surface area contributed by atoms with E-state index in [1.807, 2.05) is 19.1 Å². The first-order chi connectivity index (χ1) is 13.4. The number of methoxy groups -OCH3 is 1. The number of hydrogen-bond donors (Lipinski definition) is 0. The number of hydrogen-bond acceptors (Lipinski definition) is 4. The first-order valence-electron chi connectivity index (χ1n) is 9.81. The molecule has 1 aliphatic rings. The van der Waals surface area contributed by atoms with Gasteiger partial charge in [-0.15, -0.1) is 0 Å². The van der Waals surface area contributed by atoms with Gasteiger partial charge in [0.15, 0.2) is 0 Å². The van der Waals surface area contributed by atoms with Crippen LogP contribution in [0.3, 0.4) is 0 Å². The molecule has 0 saturated carbocycles. The van der Waals surface area contributed by atoms with E-state index in [2.05, 4.69) is 36.2 Å². The summed E-state index contributed by atoms with van der Waals surface area (Å²) < 4.78 is 33.5. The van der Waals surface area contributed by atoms with E-state index in [1.54, 1.807) is 16.4 Å². The third kappa shape index (κ3) is 4.74. The van der Waals surface area contributed by atoms with Gasteiger partial charge in [0, 0.05) is 25.7 Å². The van der Waals surface area contributed by atoms with Gasteiger partial charge in [-0.25, -0.2) is 8.42 Å². The van der Waals surface area contributed by atoms with E-state index in [0.717, 1.165) is 31.4 Å². The molecule has 0 unspecified atom stereocenters. The molecule has 1 heterocycles. The first-order valence-corrected chi connectivity index (χ1v) is 11.2. The van der Waals surface area contributed by atoms with Crippen molar-refractivity contribution in [2.24, 2.45) is 0 Å². The second-order valence-electron chi connectivity index (χ2n) is 7.53. The van der Waals surface area contributed by atoms with E-state index >= 15 is 0 Å². The van der Waals surface area contributed by atoms with Gasteiger partial charge in [-0.3, -0.25) is 0 Å². The molecule has 0 aromatic heterocycles. The minimum atomic E-state index is -3.58. The van der Waals surface area contributed by atoms with Crippen LogP contribution in [0.1, 0.15) is 24.0 Å². The minimum Gasteiger partial charge on any atom is -0.495 e. The van der Waals surface area contributed by atoms with Crippen molar-refractivity contribution in [3.8, 4) is 5.75 Å². The maximum atomic E-state index is 13.3. The van der Waals surface area contributed by atoms with Crippen LogP contribution in [0.25, 0.3) is 0 Å². The molecule has 0 radical (unpaired) electrons. The molecular formula is C22H30N2O3S. The fourth-order valence-electron chi connectivity index (χ4n) is 3.76. The number of ether oxygens (including phenoxy) is 1. The van der Waals surface area contributed by atoms with Crippen LogP contribution >= 0.6 is 0 Å². The van der Waals surface area contributed by atoms with Crippen LogP contribution in [0.15, 0.2) is 53.4 Å². The van der Waals surface area contributed by atoms with E-state index in [0.29, 0.717) is 18.8 Å². The highest BCUT2D eigenvalue weighted by atomic mass is 32.2. The molecule has 28 heavy (non-hydrogen) atoms. The Morgan fingerprint density at radius 2 is 1.93 bits per heavy atom. The average Bonchev–Trinajstić information content (AvgIpc) is 2.72. The molecule has 0 bridgehead atoms. The molecule has 3 rings (SSSR count). The number of likely N-dealkylation sites (N-methyl/N-ethyl adjacent to an activating group) is 1. The predicted octanol–water partition coefficient (Wildman–Crippen LogP) is 3.33. The molecule has 0 spiro atoms. The highest BCUT2D eigenvalue weighted by Crippen LogP contribution is 2.30. The molecule has 0 N–H and O–H groups in total. The fourth-order valence-corrected chi connectivity index (χ4v) is 5.51. The van der Waals surface area contributed by atoms with Crippen molar-refractivity contribution in [3.63, 3.8) is 0 Å². The van der Waals surface area contributed by atoms with Gasteiger partial charge in [0.2, 0.25) is 10.0 Å². The van der Waals surface area contributed by atoms with Crippen molar-refractivity contribution in [2.45, 2.75) is 37.1 Å². The Balaban J connectivity index is 1.71. The molecule has 2 aromatic carbocycles. The highest BCUT2D eigenvalue weighted by Gasteiger charge is 2.33. The summed E-state index contributed by atoms with van der Waals surface area (Å²) in [5.74, 6) is 0.408. The summed E-state index contributed by atoms with van der Waals surface area (Å²) in [4.78, 5) is 2.56. The molecule has 1 atom stereocenters. The standard InChI is InChI=1S/C22H30N2O3S/c1-18-11-12-21(27-3)22(16-18)28(25,26)24-14-7-10-20(17-24)23(2)15-13-19-8-5-4-6-9-19/h4-6,8-9,11-12,16,20H,7,10,13-15,17H2,1-3H3/t20-/m1/s1. The van der Waals surface area contributed by atoms with Crippen molar-refractivity contribution in [2.75, 3.05) is 33.8 Å². The summed E-state index contributed by atoms with van der Waals surface area (Å²) in [6, 6.07) is 15.9. The topological polar surface area (TPSA) is 49.9 Å². The van der Waals surface area contributed by atoms with Crippen LogP contribution in [0.5, 0.6) is 5.75 Å². The Labute approximate surface area is 169 Å². The summed E-state index contributed by atoms with van der Waals surface area (Å²) in [5.41, 5.74) is 2.21. The summed E-state index contributed by atoms with van der Waals surface area (Å²) >= 11 is 0. The Morgan fingerprint density at radius 1 is 1.18 bits per heavy atom. The van der Waals surface area contributed by atoms with Crippen LogP contribution in [-0.4, -0.2) is 57.5 Å². The van der Waals surface area contributed by atoms with Crippen molar-refractivity contribution < 1.29 is 13.2 Å². The number of benzene rings is 2. The first kappa shape index (κ1) is 20.8. The molecule has 2 aromatic rings. The number of aryl methyl sites for hydroxylation is 1.